The molecule has 8 nitrogen and oxygen atoms in total. The van der Waals surface area contributed by atoms with E-state index in [2.05, 4.69) is 26.0 Å². The van der Waals surface area contributed by atoms with E-state index in [9.17, 15) is 14.9 Å². The van der Waals surface area contributed by atoms with Crippen LogP contribution in [0.2, 0.25) is 10.0 Å². The number of nitrogens with zero attached hydrogens (tertiary/aromatic N) is 4. The van der Waals surface area contributed by atoms with Crippen LogP contribution >= 0.6 is 39.1 Å². The fraction of sp³-hybridized carbons (Fsp3) is 0.160. The van der Waals surface area contributed by atoms with Crippen LogP contribution in [-0.4, -0.2) is 20.8 Å². The van der Waals surface area contributed by atoms with E-state index in [1.165, 1.54) is 29.1 Å². The average molecular weight is 590 g/mol. The molecule has 0 aliphatic heterocycles. The maximum absolute atomic E-state index is 13.3. The van der Waals surface area contributed by atoms with Gasteiger partial charge in [-0.15, -0.1) is 0 Å². The van der Waals surface area contributed by atoms with Gasteiger partial charge in [-0.3, -0.25) is 14.9 Å². The first-order valence-electron chi connectivity index (χ1n) is 10.9. The smallest absolute Gasteiger partial charge is 0.282 e. The largest absolute Gasteiger partial charge is 0.488 e. The van der Waals surface area contributed by atoms with Crippen molar-refractivity contribution < 1.29 is 9.66 Å². The monoisotopic (exact) mass is 588 g/mol. The summed E-state index contributed by atoms with van der Waals surface area (Å²) in [6.07, 6.45) is 2.63. The van der Waals surface area contributed by atoms with Crippen molar-refractivity contribution in [3.8, 4) is 5.75 Å². The molecular formula is C25H19BrCl2N4O4. The van der Waals surface area contributed by atoms with Crippen LogP contribution in [0.4, 0.5) is 5.69 Å². The van der Waals surface area contributed by atoms with E-state index in [1.807, 2.05) is 13.0 Å². The molecule has 0 amide bonds. The number of nitro groups is 1. The van der Waals surface area contributed by atoms with Crippen LogP contribution in [0.15, 0.2) is 69.0 Å². The average Bonchev–Trinajstić information content (AvgIpc) is 2.84. The summed E-state index contributed by atoms with van der Waals surface area (Å²) >= 11 is 15.6. The molecule has 0 aliphatic carbocycles. The number of aromatic nitrogens is 2. The Morgan fingerprint density at radius 2 is 1.97 bits per heavy atom. The topological polar surface area (TPSA) is 99.6 Å². The number of hydrogen-bond acceptors (Lipinski definition) is 6. The molecule has 0 spiro atoms. The number of aryl methyl sites for hydroxylation is 1. The number of halogens is 3. The highest BCUT2D eigenvalue weighted by Crippen LogP contribution is 2.26. The third-order valence-corrected chi connectivity index (χ3v) is 6.34. The lowest BCUT2D eigenvalue weighted by Crippen LogP contribution is -2.22. The zero-order valence-corrected chi connectivity index (χ0v) is 22.0. The van der Waals surface area contributed by atoms with E-state index in [0.717, 1.165) is 10.9 Å². The van der Waals surface area contributed by atoms with Crippen LogP contribution in [0.25, 0.3) is 10.9 Å². The Balaban J connectivity index is 1.76. The Hall–Kier alpha value is -3.27. The number of non-ortho nitro benzene ring substituents is 1. The van der Waals surface area contributed by atoms with Gasteiger partial charge in [0.05, 0.1) is 22.0 Å². The molecule has 184 valence electrons. The molecule has 36 heavy (non-hydrogen) atoms. The molecule has 0 atom stereocenters. The van der Waals surface area contributed by atoms with Crippen molar-refractivity contribution in [3.05, 3.63) is 107 Å². The van der Waals surface area contributed by atoms with E-state index < -0.39 is 4.92 Å². The summed E-state index contributed by atoms with van der Waals surface area (Å²) < 4.78 is 7.87. The molecule has 0 aliphatic rings. The first-order chi connectivity index (χ1) is 17.3. The predicted octanol–water partition coefficient (Wildman–Crippen LogP) is 6.79. The summed E-state index contributed by atoms with van der Waals surface area (Å²) in [5.41, 5.74) is 1.08. The van der Waals surface area contributed by atoms with Gasteiger partial charge in [-0.25, -0.2) is 4.98 Å². The van der Waals surface area contributed by atoms with Gasteiger partial charge < -0.3 is 4.74 Å². The molecule has 0 bridgehead atoms. The highest BCUT2D eigenvalue weighted by atomic mass is 79.9. The minimum atomic E-state index is -0.513. The zero-order valence-electron chi connectivity index (χ0n) is 19.0. The minimum absolute atomic E-state index is 0.0985. The van der Waals surface area contributed by atoms with Gasteiger partial charge in [0.2, 0.25) is 0 Å². The quantitative estimate of drug-likeness (QED) is 0.128. The molecule has 11 heteroatoms. The molecule has 0 radical (unpaired) electrons. The van der Waals surface area contributed by atoms with Gasteiger partial charge >= 0.3 is 0 Å². The van der Waals surface area contributed by atoms with Gasteiger partial charge in [-0.1, -0.05) is 52.1 Å². The maximum Gasteiger partial charge on any atom is 0.282 e. The van der Waals surface area contributed by atoms with E-state index >= 15 is 0 Å². The first kappa shape index (κ1) is 25.8. The highest BCUT2D eigenvalue weighted by molar-refractivity contribution is 9.10. The summed E-state index contributed by atoms with van der Waals surface area (Å²) in [4.78, 5) is 28.7. The van der Waals surface area contributed by atoms with E-state index in [1.54, 1.807) is 30.3 Å². The van der Waals surface area contributed by atoms with Crippen molar-refractivity contribution in [1.82, 2.24) is 9.66 Å². The van der Waals surface area contributed by atoms with Crippen molar-refractivity contribution >= 4 is 61.9 Å². The van der Waals surface area contributed by atoms with Gasteiger partial charge in [-0.05, 0) is 42.8 Å². The lowest BCUT2D eigenvalue weighted by Gasteiger charge is -2.11. The molecule has 0 saturated heterocycles. The van der Waals surface area contributed by atoms with Gasteiger partial charge in [0.1, 0.15) is 18.2 Å². The molecule has 4 rings (SSSR count). The lowest BCUT2D eigenvalue weighted by molar-refractivity contribution is -0.384. The molecule has 1 aromatic heterocycles. The van der Waals surface area contributed by atoms with Gasteiger partial charge in [0.25, 0.3) is 11.2 Å². The van der Waals surface area contributed by atoms with Crippen LogP contribution in [0.5, 0.6) is 5.75 Å². The molecular weight excluding hydrogens is 571 g/mol. The zero-order chi connectivity index (χ0) is 25.8. The standard InChI is InChI=1S/C25H19BrCl2N4O4/c1-2-3-24-30-22-8-5-17(26)11-20(22)25(33)31(24)29-13-16-10-19(32(34)35)7-9-23(16)36-14-15-4-6-18(27)12-21(15)28/h4-13H,2-3,14H2,1H3. The van der Waals surface area contributed by atoms with Crippen molar-refractivity contribution in [2.75, 3.05) is 0 Å². The van der Waals surface area contributed by atoms with Crippen molar-refractivity contribution in [2.24, 2.45) is 5.10 Å². The van der Waals surface area contributed by atoms with Crippen molar-refractivity contribution in [3.63, 3.8) is 0 Å². The van der Waals surface area contributed by atoms with Crippen molar-refractivity contribution in [1.29, 1.82) is 0 Å². The van der Waals surface area contributed by atoms with E-state index in [-0.39, 0.29) is 17.9 Å². The summed E-state index contributed by atoms with van der Waals surface area (Å²) in [6, 6.07) is 14.4. The number of ether oxygens (including phenoxy) is 1. The summed E-state index contributed by atoms with van der Waals surface area (Å²) in [6.45, 7) is 2.07. The first-order valence-corrected chi connectivity index (χ1v) is 12.4. The number of benzene rings is 3. The Labute approximate surface area is 224 Å². The van der Waals surface area contributed by atoms with Crippen LogP contribution < -0.4 is 10.3 Å². The summed E-state index contributed by atoms with van der Waals surface area (Å²) in [5.74, 6) is 0.811. The number of hydrogen-bond donors (Lipinski definition) is 0. The number of nitro benzene ring substituents is 1. The molecule has 0 unspecified atom stereocenters. The number of fused-ring (bicyclic) bond motifs is 1. The Morgan fingerprint density at radius 3 is 2.69 bits per heavy atom. The van der Waals surface area contributed by atoms with Gasteiger partial charge in [0.15, 0.2) is 0 Å². The third kappa shape index (κ3) is 5.75. The minimum Gasteiger partial charge on any atom is -0.488 e. The van der Waals surface area contributed by atoms with Crippen LogP contribution in [0, 0.1) is 10.1 Å². The Bertz CT molecular complexity index is 1560. The van der Waals surface area contributed by atoms with Crippen LogP contribution in [0.3, 0.4) is 0 Å². The maximum atomic E-state index is 13.3. The second-order valence-electron chi connectivity index (χ2n) is 7.80. The van der Waals surface area contributed by atoms with Crippen molar-refractivity contribution in [2.45, 2.75) is 26.4 Å². The SMILES string of the molecule is CCCc1nc2ccc(Br)cc2c(=O)n1N=Cc1cc([N+](=O)[O-])ccc1OCc1ccc(Cl)cc1Cl. The second-order valence-corrected chi connectivity index (χ2v) is 9.56. The highest BCUT2D eigenvalue weighted by Gasteiger charge is 2.14. The summed E-state index contributed by atoms with van der Waals surface area (Å²) in [5, 5.41) is 17.1. The fourth-order valence-electron chi connectivity index (χ4n) is 3.50. The molecule has 0 fully saturated rings. The number of rotatable bonds is 8. The Morgan fingerprint density at radius 1 is 1.17 bits per heavy atom. The van der Waals surface area contributed by atoms with E-state index in [4.69, 9.17) is 27.9 Å². The molecule has 0 N–H and O–H groups in total. The molecule has 1 heterocycles. The Kier molecular flexibility index (Phi) is 8.03. The molecule has 4 aromatic rings. The van der Waals surface area contributed by atoms with Crippen LogP contribution in [0.1, 0.15) is 30.3 Å². The predicted molar refractivity (Wildman–Crippen MR) is 145 cm³/mol. The summed E-state index contributed by atoms with van der Waals surface area (Å²) in [7, 11) is 0. The normalized spacial score (nSPS) is 11.3. The molecule has 0 saturated carbocycles. The second kappa shape index (κ2) is 11.2. The molecule has 3 aromatic carbocycles. The third-order valence-electron chi connectivity index (χ3n) is 5.26. The fourth-order valence-corrected chi connectivity index (χ4v) is 4.32. The van der Waals surface area contributed by atoms with Crippen LogP contribution in [-0.2, 0) is 13.0 Å². The van der Waals surface area contributed by atoms with E-state index in [0.29, 0.717) is 50.1 Å². The van der Waals surface area contributed by atoms with Gasteiger partial charge in [0, 0.05) is 44.2 Å². The lowest BCUT2D eigenvalue weighted by atomic mass is 10.2. The van der Waals surface area contributed by atoms with Gasteiger partial charge in [-0.2, -0.15) is 9.78 Å².